The zero-order chi connectivity index (χ0) is 13.6. The molecule has 2 heterocycles. The Kier molecular flexibility index (Phi) is 2.48. The first-order chi connectivity index (χ1) is 9.09. The molecule has 1 fully saturated rings. The molecule has 1 aromatic carbocycles. The van der Waals surface area contributed by atoms with E-state index < -0.39 is 6.04 Å². The van der Waals surface area contributed by atoms with Gasteiger partial charge in [0.2, 0.25) is 0 Å². The number of esters is 1. The van der Waals surface area contributed by atoms with E-state index in [0.717, 1.165) is 4.90 Å². The Morgan fingerprint density at radius 1 is 1.11 bits per heavy atom. The summed E-state index contributed by atoms with van der Waals surface area (Å²) in [5.41, 5.74) is 0.773. The number of amides is 2. The van der Waals surface area contributed by atoms with Crippen molar-refractivity contribution in [2.45, 2.75) is 18.9 Å². The monoisotopic (exact) mass is 257 g/mol. The van der Waals surface area contributed by atoms with Gasteiger partial charge >= 0.3 is 5.97 Å². The molecule has 0 bridgehead atoms. The number of fused-ring (bicyclic) bond motifs is 1. The van der Waals surface area contributed by atoms with E-state index in [0.29, 0.717) is 17.5 Å². The molecular formula is C14H11NO4. The van der Waals surface area contributed by atoms with Crippen molar-refractivity contribution in [1.82, 2.24) is 4.90 Å². The molecule has 5 nitrogen and oxygen atoms in total. The summed E-state index contributed by atoms with van der Waals surface area (Å²) in [6.07, 6.45) is 0.542. The number of hydrogen-bond donors (Lipinski definition) is 0. The van der Waals surface area contributed by atoms with Gasteiger partial charge in [0.15, 0.2) is 0 Å². The fraction of sp³-hybridized carbons (Fsp3) is 0.214. The van der Waals surface area contributed by atoms with E-state index in [1.165, 1.54) is 0 Å². The lowest BCUT2D eigenvalue weighted by molar-refractivity contribution is -0.143. The lowest BCUT2D eigenvalue weighted by Crippen LogP contribution is -2.44. The van der Waals surface area contributed by atoms with Gasteiger partial charge in [-0.25, -0.2) is 0 Å². The molecule has 0 saturated carbocycles. The van der Waals surface area contributed by atoms with Gasteiger partial charge in [-0.2, -0.15) is 0 Å². The summed E-state index contributed by atoms with van der Waals surface area (Å²) in [4.78, 5) is 36.8. The molecule has 0 spiro atoms. The van der Waals surface area contributed by atoms with Gasteiger partial charge in [-0.05, 0) is 18.6 Å². The Morgan fingerprint density at radius 3 is 2.21 bits per heavy atom. The van der Waals surface area contributed by atoms with Crippen molar-refractivity contribution in [1.29, 1.82) is 0 Å². The predicted molar refractivity (Wildman–Crippen MR) is 65.2 cm³/mol. The van der Waals surface area contributed by atoms with Crippen LogP contribution in [-0.4, -0.2) is 28.7 Å². The zero-order valence-electron chi connectivity index (χ0n) is 10.1. The van der Waals surface area contributed by atoms with Crippen LogP contribution in [0.3, 0.4) is 0 Å². The summed E-state index contributed by atoms with van der Waals surface area (Å²) in [6.45, 7) is 3.63. The van der Waals surface area contributed by atoms with Gasteiger partial charge in [-0.3, -0.25) is 19.3 Å². The van der Waals surface area contributed by atoms with Gasteiger partial charge in [0.25, 0.3) is 11.8 Å². The number of rotatable bonds is 1. The Morgan fingerprint density at radius 2 is 1.68 bits per heavy atom. The van der Waals surface area contributed by atoms with E-state index in [2.05, 4.69) is 6.58 Å². The average molecular weight is 257 g/mol. The third kappa shape index (κ3) is 1.66. The summed E-state index contributed by atoms with van der Waals surface area (Å²) < 4.78 is 4.93. The molecule has 0 N–H and O–H groups in total. The van der Waals surface area contributed by atoms with Gasteiger partial charge in [-0.15, -0.1) is 0 Å². The van der Waals surface area contributed by atoms with Crippen LogP contribution in [0.1, 0.15) is 33.6 Å². The highest BCUT2D eigenvalue weighted by Crippen LogP contribution is 2.30. The van der Waals surface area contributed by atoms with Crippen molar-refractivity contribution in [3.05, 3.63) is 47.7 Å². The van der Waals surface area contributed by atoms with E-state index in [-0.39, 0.29) is 30.0 Å². The van der Waals surface area contributed by atoms with Crippen LogP contribution in [0.5, 0.6) is 0 Å². The third-order valence-electron chi connectivity index (χ3n) is 3.38. The third-order valence-corrected chi connectivity index (χ3v) is 3.38. The minimum Gasteiger partial charge on any atom is -0.429 e. The Bertz CT molecular complexity index is 585. The van der Waals surface area contributed by atoms with Crippen LogP contribution in [0.4, 0.5) is 0 Å². The van der Waals surface area contributed by atoms with E-state index in [1.807, 2.05) is 0 Å². The maximum Gasteiger partial charge on any atom is 0.311 e. The van der Waals surface area contributed by atoms with Gasteiger partial charge in [-0.1, -0.05) is 18.7 Å². The van der Waals surface area contributed by atoms with Crippen molar-refractivity contribution in [2.24, 2.45) is 0 Å². The average Bonchev–Trinajstić information content (AvgIpc) is 2.64. The highest BCUT2D eigenvalue weighted by molar-refractivity contribution is 6.21. The predicted octanol–water partition coefficient (Wildman–Crippen LogP) is 1.50. The Labute approximate surface area is 109 Å². The zero-order valence-corrected chi connectivity index (χ0v) is 10.1. The number of hydrogen-bond acceptors (Lipinski definition) is 4. The fourth-order valence-corrected chi connectivity index (χ4v) is 2.44. The fourth-order valence-electron chi connectivity index (χ4n) is 2.44. The maximum absolute atomic E-state index is 12.3. The van der Waals surface area contributed by atoms with Gasteiger partial charge in [0.1, 0.15) is 5.76 Å². The molecule has 2 aliphatic rings. The highest BCUT2D eigenvalue weighted by atomic mass is 16.5. The number of ether oxygens (including phenoxy) is 1. The van der Waals surface area contributed by atoms with Crippen molar-refractivity contribution in [2.75, 3.05) is 0 Å². The smallest absolute Gasteiger partial charge is 0.311 e. The Balaban J connectivity index is 1.96. The van der Waals surface area contributed by atoms with Crippen molar-refractivity contribution in [3.63, 3.8) is 0 Å². The molecule has 5 heteroatoms. The molecule has 3 rings (SSSR count). The summed E-state index contributed by atoms with van der Waals surface area (Å²) in [5.74, 6) is -0.932. The summed E-state index contributed by atoms with van der Waals surface area (Å²) in [7, 11) is 0. The van der Waals surface area contributed by atoms with Crippen LogP contribution >= 0.6 is 0 Å². The molecule has 0 radical (unpaired) electrons. The summed E-state index contributed by atoms with van der Waals surface area (Å²) in [6, 6.07) is 6.09. The highest BCUT2D eigenvalue weighted by Gasteiger charge is 2.42. The molecule has 0 aromatic heterocycles. The molecule has 2 amide bonds. The van der Waals surface area contributed by atoms with E-state index in [9.17, 15) is 14.4 Å². The van der Waals surface area contributed by atoms with Gasteiger partial charge < -0.3 is 4.74 Å². The van der Waals surface area contributed by atoms with E-state index in [4.69, 9.17) is 4.74 Å². The molecule has 19 heavy (non-hydrogen) atoms. The SMILES string of the molecule is C=C1OC(=O)CC[C@@H]1N1C(=O)c2ccccc2C1=O. The van der Waals surface area contributed by atoms with Gasteiger partial charge in [0.05, 0.1) is 17.2 Å². The van der Waals surface area contributed by atoms with Crippen LogP contribution in [0, 0.1) is 0 Å². The standard InChI is InChI=1S/C14H11NO4/c1-8-11(6-7-12(16)19-8)15-13(17)9-4-2-3-5-10(9)14(15)18/h2-5,11H,1,6-7H2/t11-/m0/s1. The number of nitrogens with zero attached hydrogens (tertiary/aromatic N) is 1. The normalized spacial score (nSPS) is 22.5. The first-order valence-corrected chi connectivity index (χ1v) is 5.96. The lowest BCUT2D eigenvalue weighted by Gasteiger charge is -2.30. The van der Waals surface area contributed by atoms with Crippen molar-refractivity contribution >= 4 is 17.8 Å². The first kappa shape index (κ1) is 11.6. The van der Waals surface area contributed by atoms with E-state index >= 15 is 0 Å². The van der Waals surface area contributed by atoms with Crippen LogP contribution in [-0.2, 0) is 9.53 Å². The summed E-state index contributed by atoms with van der Waals surface area (Å²) in [5, 5.41) is 0. The topological polar surface area (TPSA) is 63.7 Å². The molecular weight excluding hydrogens is 246 g/mol. The second-order valence-electron chi connectivity index (χ2n) is 4.52. The molecule has 0 unspecified atom stereocenters. The molecule has 1 aromatic rings. The molecule has 2 aliphatic heterocycles. The summed E-state index contributed by atoms with van der Waals surface area (Å²) >= 11 is 0. The van der Waals surface area contributed by atoms with Crippen LogP contribution in [0.2, 0.25) is 0 Å². The number of imide groups is 1. The second kappa shape index (κ2) is 4.05. The van der Waals surface area contributed by atoms with Crippen LogP contribution < -0.4 is 0 Å². The number of benzene rings is 1. The van der Waals surface area contributed by atoms with Crippen LogP contribution in [0.15, 0.2) is 36.6 Å². The Hall–Kier alpha value is -2.43. The van der Waals surface area contributed by atoms with Gasteiger partial charge in [0, 0.05) is 6.42 Å². The molecule has 96 valence electrons. The van der Waals surface area contributed by atoms with Crippen molar-refractivity contribution < 1.29 is 19.1 Å². The number of carbonyl (C=O) groups excluding carboxylic acids is 3. The minimum absolute atomic E-state index is 0.158. The second-order valence-corrected chi connectivity index (χ2v) is 4.52. The largest absolute Gasteiger partial charge is 0.429 e. The van der Waals surface area contributed by atoms with Crippen LogP contribution in [0.25, 0.3) is 0 Å². The lowest BCUT2D eigenvalue weighted by atomic mass is 10.1. The van der Waals surface area contributed by atoms with Crippen molar-refractivity contribution in [3.8, 4) is 0 Å². The molecule has 1 saturated heterocycles. The molecule has 0 aliphatic carbocycles. The minimum atomic E-state index is -0.565. The maximum atomic E-state index is 12.3. The van der Waals surface area contributed by atoms with E-state index in [1.54, 1.807) is 24.3 Å². The number of carbonyl (C=O) groups is 3. The quantitative estimate of drug-likeness (QED) is 0.565. The number of cyclic esters (lactones) is 1. The molecule has 1 atom stereocenters. The first-order valence-electron chi connectivity index (χ1n) is 5.96.